The van der Waals surface area contributed by atoms with E-state index in [4.69, 9.17) is 0 Å². The summed E-state index contributed by atoms with van der Waals surface area (Å²) in [5.74, 6) is -0.722. The number of amides is 3. The van der Waals surface area contributed by atoms with Crippen molar-refractivity contribution in [1.82, 2.24) is 10.6 Å². The van der Waals surface area contributed by atoms with E-state index in [9.17, 15) is 14.4 Å². The number of rotatable bonds is 7. The first-order valence-corrected chi connectivity index (χ1v) is 10.2. The van der Waals surface area contributed by atoms with Gasteiger partial charge in [-0.15, -0.1) is 0 Å². The highest BCUT2D eigenvalue weighted by atomic mass is 16.2. The first-order valence-electron chi connectivity index (χ1n) is 10.2. The molecule has 1 aromatic rings. The molecule has 0 heterocycles. The van der Waals surface area contributed by atoms with Crippen LogP contribution in [0.15, 0.2) is 18.2 Å². The van der Waals surface area contributed by atoms with Crippen molar-refractivity contribution in [3.8, 4) is 0 Å². The van der Waals surface area contributed by atoms with Crippen LogP contribution in [0, 0.1) is 25.7 Å². The lowest BCUT2D eigenvalue weighted by molar-refractivity contribution is -0.133. The Bertz CT molecular complexity index is 689. The molecule has 3 amide bonds. The van der Waals surface area contributed by atoms with Gasteiger partial charge in [0.1, 0.15) is 6.04 Å². The van der Waals surface area contributed by atoms with Crippen LogP contribution in [0.25, 0.3) is 0 Å². The summed E-state index contributed by atoms with van der Waals surface area (Å²) in [6.07, 6.45) is 5.07. The summed E-state index contributed by atoms with van der Waals surface area (Å²) in [6.45, 7) is 7.51. The highest BCUT2D eigenvalue weighted by molar-refractivity contribution is 5.97. The first-order chi connectivity index (χ1) is 13.3. The quantitative estimate of drug-likeness (QED) is 0.672. The van der Waals surface area contributed by atoms with Crippen LogP contribution in [0.1, 0.15) is 57.1 Å². The molecule has 154 valence electrons. The molecule has 1 saturated carbocycles. The van der Waals surface area contributed by atoms with Gasteiger partial charge in [-0.2, -0.15) is 0 Å². The Balaban J connectivity index is 1.89. The topological polar surface area (TPSA) is 87.3 Å². The summed E-state index contributed by atoms with van der Waals surface area (Å²) in [4.78, 5) is 37.4. The average molecular weight is 388 g/mol. The van der Waals surface area contributed by atoms with Crippen molar-refractivity contribution >= 4 is 23.4 Å². The van der Waals surface area contributed by atoms with E-state index in [0.29, 0.717) is 0 Å². The second-order valence-corrected chi connectivity index (χ2v) is 8.10. The van der Waals surface area contributed by atoms with Crippen molar-refractivity contribution in [3.63, 3.8) is 0 Å². The Kier molecular flexibility index (Phi) is 8.03. The van der Waals surface area contributed by atoms with Crippen LogP contribution in [-0.2, 0) is 14.4 Å². The standard InChI is InChI=1S/C22H33N3O3/c1-14(2)19(25-21(27)17-11-6-5-7-12-17)22(28)23-13-18(26)24-20-15(3)9-8-10-16(20)4/h8-10,14,17,19H,5-7,11-13H2,1-4H3,(H,23,28)(H,24,26)(H,25,27)/t19-/m1/s1. The van der Waals surface area contributed by atoms with Crippen molar-refractivity contribution in [2.45, 2.75) is 65.8 Å². The van der Waals surface area contributed by atoms with E-state index < -0.39 is 6.04 Å². The molecule has 6 nitrogen and oxygen atoms in total. The molecule has 0 aromatic heterocycles. The third-order valence-corrected chi connectivity index (χ3v) is 5.39. The van der Waals surface area contributed by atoms with Crippen molar-refractivity contribution in [2.75, 3.05) is 11.9 Å². The Morgan fingerprint density at radius 3 is 2.21 bits per heavy atom. The number of hydrogen-bond donors (Lipinski definition) is 3. The van der Waals surface area contributed by atoms with Crippen LogP contribution in [0.5, 0.6) is 0 Å². The first kappa shape index (κ1) is 21.9. The van der Waals surface area contributed by atoms with Crippen LogP contribution in [0.2, 0.25) is 0 Å². The fourth-order valence-electron chi connectivity index (χ4n) is 3.64. The third kappa shape index (κ3) is 6.08. The van der Waals surface area contributed by atoms with Crippen molar-refractivity contribution in [3.05, 3.63) is 29.3 Å². The molecular weight excluding hydrogens is 354 g/mol. The van der Waals surface area contributed by atoms with E-state index >= 15 is 0 Å². The van der Waals surface area contributed by atoms with Gasteiger partial charge in [-0.05, 0) is 43.7 Å². The summed E-state index contributed by atoms with van der Waals surface area (Å²) in [7, 11) is 0. The van der Waals surface area contributed by atoms with E-state index in [1.165, 1.54) is 6.42 Å². The molecule has 1 aliphatic rings. The number of carbonyl (C=O) groups excluding carboxylic acids is 3. The molecule has 0 saturated heterocycles. The van der Waals surface area contributed by atoms with Crippen molar-refractivity contribution in [1.29, 1.82) is 0 Å². The van der Waals surface area contributed by atoms with E-state index in [0.717, 1.165) is 42.5 Å². The van der Waals surface area contributed by atoms with Gasteiger partial charge in [0.25, 0.3) is 0 Å². The normalized spacial score (nSPS) is 15.8. The zero-order chi connectivity index (χ0) is 20.7. The molecule has 0 radical (unpaired) electrons. The Morgan fingerprint density at radius 2 is 1.64 bits per heavy atom. The van der Waals surface area contributed by atoms with Crippen molar-refractivity contribution in [2.24, 2.45) is 11.8 Å². The van der Waals surface area contributed by atoms with E-state index in [1.54, 1.807) is 0 Å². The van der Waals surface area contributed by atoms with Gasteiger partial charge < -0.3 is 16.0 Å². The molecule has 28 heavy (non-hydrogen) atoms. The largest absolute Gasteiger partial charge is 0.345 e. The highest BCUT2D eigenvalue weighted by Gasteiger charge is 2.28. The number of para-hydroxylation sites is 1. The number of benzene rings is 1. The fourth-order valence-corrected chi connectivity index (χ4v) is 3.64. The molecule has 3 N–H and O–H groups in total. The Morgan fingerprint density at radius 1 is 1.04 bits per heavy atom. The molecule has 1 fully saturated rings. The summed E-state index contributed by atoms with van der Waals surface area (Å²) in [6, 6.07) is 5.15. The predicted octanol–water partition coefficient (Wildman–Crippen LogP) is 3.08. The van der Waals surface area contributed by atoms with Crippen LogP contribution < -0.4 is 16.0 Å². The molecular formula is C22H33N3O3. The number of hydrogen-bond acceptors (Lipinski definition) is 3. The summed E-state index contributed by atoms with van der Waals surface area (Å²) in [5, 5.41) is 8.41. The SMILES string of the molecule is Cc1cccc(C)c1NC(=O)CNC(=O)[C@H](NC(=O)C1CCCCC1)C(C)C. The number of carbonyl (C=O) groups is 3. The van der Waals surface area contributed by atoms with Gasteiger partial charge in [0, 0.05) is 11.6 Å². The van der Waals surface area contributed by atoms with Gasteiger partial charge in [-0.3, -0.25) is 14.4 Å². The minimum atomic E-state index is -0.637. The number of nitrogens with one attached hydrogen (secondary N) is 3. The molecule has 0 bridgehead atoms. The number of aryl methyl sites for hydroxylation is 2. The Labute approximate surface area is 167 Å². The Hall–Kier alpha value is -2.37. The lowest BCUT2D eigenvalue weighted by atomic mass is 9.88. The average Bonchev–Trinajstić information content (AvgIpc) is 2.67. The minimum Gasteiger partial charge on any atom is -0.345 e. The van der Waals surface area contributed by atoms with Gasteiger partial charge in [0.05, 0.1) is 6.54 Å². The lowest BCUT2D eigenvalue weighted by Gasteiger charge is -2.26. The monoisotopic (exact) mass is 387 g/mol. The molecule has 1 aliphatic carbocycles. The summed E-state index contributed by atoms with van der Waals surface area (Å²) in [5.41, 5.74) is 2.71. The zero-order valence-electron chi connectivity index (χ0n) is 17.4. The smallest absolute Gasteiger partial charge is 0.243 e. The van der Waals surface area contributed by atoms with Crippen LogP contribution >= 0.6 is 0 Å². The molecule has 6 heteroatoms. The van der Waals surface area contributed by atoms with E-state index in [2.05, 4.69) is 16.0 Å². The minimum absolute atomic E-state index is 0.00451. The summed E-state index contributed by atoms with van der Waals surface area (Å²) < 4.78 is 0. The zero-order valence-corrected chi connectivity index (χ0v) is 17.4. The molecule has 0 spiro atoms. The molecule has 1 atom stereocenters. The second kappa shape index (κ2) is 10.2. The predicted molar refractivity (Wildman–Crippen MR) is 111 cm³/mol. The van der Waals surface area contributed by atoms with Gasteiger partial charge in [0.2, 0.25) is 17.7 Å². The number of anilines is 1. The fraction of sp³-hybridized carbons (Fsp3) is 0.591. The van der Waals surface area contributed by atoms with Gasteiger partial charge in [0.15, 0.2) is 0 Å². The maximum atomic E-state index is 12.6. The van der Waals surface area contributed by atoms with E-state index in [-0.39, 0.29) is 36.1 Å². The van der Waals surface area contributed by atoms with Crippen LogP contribution in [0.4, 0.5) is 5.69 Å². The van der Waals surface area contributed by atoms with Crippen molar-refractivity contribution < 1.29 is 14.4 Å². The maximum absolute atomic E-state index is 12.6. The second-order valence-electron chi connectivity index (χ2n) is 8.10. The van der Waals surface area contributed by atoms with E-state index in [1.807, 2.05) is 45.9 Å². The van der Waals surface area contributed by atoms with Crippen LogP contribution in [0.3, 0.4) is 0 Å². The molecule has 1 aromatic carbocycles. The molecule has 2 rings (SSSR count). The summed E-state index contributed by atoms with van der Waals surface area (Å²) >= 11 is 0. The molecule has 0 unspecified atom stereocenters. The molecule has 0 aliphatic heterocycles. The van der Waals surface area contributed by atoms with Gasteiger partial charge >= 0.3 is 0 Å². The highest BCUT2D eigenvalue weighted by Crippen LogP contribution is 2.24. The van der Waals surface area contributed by atoms with Gasteiger partial charge in [-0.1, -0.05) is 51.3 Å². The van der Waals surface area contributed by atoms with Gasteiger partial charge in [-0.25, -0.2) is 0 Å². The lowest BCUT2D eigenvalue weighted by Crippen LogP contribution is -2.52. The van der Waals surface area contributed by atoms with Crippen LogP contribution in [-0.4, -0.2) is 30.3 Å². The maximum Gasteiger partial charge on any atom is 0.243 e. The third-order valence-electron chi connectivity index (χ3n) is 5.39.